The smallest absolute Gasteiger partial charge is 0.0739 e. The Morgan fingerprint density at radius 2 is 2.12 bits per heavy atom. The first-order valence-corrected chi connectivity index (χ1v) is 7.13. The lowest BCUT2D eigenvalue weighted by atomic mass is 10.3. The fourth-order valence-corrected chi connectivity index (χ4v) is 2.25. The number of alkyl halides is 1. The number of hydrogen-bond donors (Lipinski definition) is 0. The first-order chi connectivity index (χ1) is 7.41. The highest BCUT2D eigenvalue weighted by molar-refractivity contribution is 9.10. The standard InChI is InChI=1S/C11H19Br2N3/c1-8(12)5-6-15(3)7-10-11(13)9(2)14-16(10)4/h8H,5-7H2,1-4H3. The molecular weight excluding hydrogens is 334 g/mol. The maximum Gasteiger partial charge on any atom is 0.0739 e. The fourth-order valence-electron chi connectivity index (χ4n) is 1.58. The summed E-state index contributed by atoms with van der Waals surface area (Å²) < 4.78 is 3.08. The number of rotatable bonds is 5. The first-order valence-electron chi connectivity index (χ1n) is 5.42. The Bertz CT molecular complexity index is 347. The Morgan fingerprint density at radius 3 is 2.56 bits per heavy atom. The molecule has 16 heavy (non-hydrogen) atoms. The number of aromatic nitrogens is 2. The summed E-state index contributed by atoms with van der Waals surface area (Å²) in [6.45, 7) is 6.22. The van der Waals surface area contributed by atoms with Gasteiger partial charge in [-0.3, -0.25) is 4.68 Å². The van der Waals surface area contributed by atoms with E-state index < -0.39 is 0 Å². The van der Waals surface area contributed by atoms with Crippen LogP contribution in [0.1, 0.15) is 24.7 Å². The zero-order valence-corrected chi connectivity index (χ0v) is 13.5. The molecule has 92 valence electrons. The quantitative estimate of drug-likeness (QED) is 0.759. The molecule has 0 saturated carbocycles. The van der Waals surface area contributed by atoms with Crippen LogP contribution in [0.2, 0.25) is 0 Å². The van der Waals surface area contributed by atoms with E-state index >= 15 is 0 Å². The molecule has 0 bridgehead atoms. The van der Waals surface area contributed by atoms with Gasteiger partial charge in [0.1, 0.15) is 0 Å². The molecule has 1 rings (SSSR count). The number of aryl methyl sites for hydroxylation is 2. The zero-order chi connectivity index (χ0) is 12.3. The van der Waals surface area contributed by atoms with Crippen molar-refractivity contribution >= 4 is 31.9 Å². The van der Waals surface area contributed by atoms with Crippen LogP contribution >= 0.6 is 31.9 Å². The summed E-state index contributed by atoms with van der Waals surface area (Å²) in [6, 6.07) is 0. The van der Waals surface area contributed by atoms with Gasteiger partial charge >= 0.3 is 0 Å². The third-order valence-electron chi connectivity index (χ3n) is 2.59. The van der Waals surface area contributed by atoms with Crippen molar-refractivity contribution in [2.45, 2.75) is 31.6 Å². The molecule has 0 saturated heterocycles. The Balaban J connectivity index is 2.59. The van der Waals surface area contributed by atoms with E-state index in [1.807, 2.05) is 18.7 Å². The molecule has 1 aromatic rings. The van der Waals surface area contributed by atoms with Crippen molar-refractivity contribution < 1.29 is 0 Å². The van der Waals surface area contributed by atoms with Gasteiger partial charge in [-0.1, -0.05) is 22.9 Å². The van der Waals surface area contributed by atoms with Crippen molar-refractivity contribution in [3.63, 3.8) is 0 Å². The number of hydrogen-bond acceptors (Lipinski definition) is 2. The van der Waals surface area contributed by atoms with E-state index in [1.54, 1.807) is 0 Å². The van der Waals surface area contributed by atoms with Gasteiger partial charge in [0, 0.05) is 18.4 Å². The van der Waals surface area contributed by atoms with Crippen LogP contribution < -0.4 is 0 Å². The summed E-state index contributed by atoms with van der Waals surface area (Å²) >= 11 is 7.16. The monoisotopic (exact) mass is 351 g/mol. The molecule has 3 nitrogen and oxygen atoms in total. The van der Waals surface area contributed by atoms with Crippen molar-refractivity contribution in [1.29, 1.82) is 0 Å². The van der Waals surface area contributed by atoms with Gasteiger partial charge in [0.05, 0.1) is 15.9 Å². The highest BCUT2D eigenvalue weighted by atomic mass is 79.9. The van der Waals surface area contributed by atoms with Crippen LogP contribution in [-0.2, 0) is 13.6 Å². The summed E-state index contributed by atoms with van der Waals surface area (Å²) in [5.41, 5.74) is 2.29. The molecule has 0 amide bonds. The summed E-state index contributed by atoms with van der Waals surface area (Å²) in [6.07, 6.45) is 1.16. The number of nitrogens with zero attached hydrogens (tertiary/aromatic N) is 3. The molecule has 1 aromatic heterocycles. The van der Waals surface area contributed by atoms with E-state index in [4.69, 9.17) is 0 Å². The third kappa shape index (κ3) is 3.86. The molecule has 0 aliphatic carbocycles. The van der Waals surface area contributed by atoms with Gasteiger partial charge in [-0.2, -0.15) is 5.10 Å². The van der Waals surface area contributed by atoms with E-state index in [9.17, 15) is 0 Å². The van der Waals surface area contributed by atoms with Gasteiger partial charge in [-0.05, 0) is 42.9 Å². The third-order valence-corrected chi connectivity index (χ3v) is 4.08. The van der Waals surface area contributed by atoms with E-state index in [1.165, 1.54) is 5.69 Å². The molecule has 1 heterocycles. The van der Waals surface area contributed by atoms with Gasteiger partial charge in [0.15, 0.2) is 0 Å². The predicted molar refractivity (Wildman–Crippen MR) is 75.0 cm³/mol. The minimum Gasteiger partial charge on any atom is -0.300 e. The Morgan fingerprint density at radius 1 is 1.50 bits per heavy atom. The summed E-state index contributed by atoms with van der Waals surface area (Å²) in [5, 5.41) is 4.39. The van der Waals surface area contributed by atoms with Crippen LogP contribution in [0, 0.1) is 6.92 Å². The van der Waals surface area contributed by atoms with Gasteiger partial charge in [-0.25, -0.2) is 0 Å². The number of halogens is 2. The Kier molecular flexibility index (Phi) is 5.47. The lowest BCUT2D eigenvalue weighted by molar-refractivity contribution is 0.313. The second kappa shape index (κ2) is 6.17. The molecule has 0 aromatic carbocycles. The molecule has 0 N–H and O–H groups in total. The van der Waals surface area contributed by atoms with Crippen molar-refractivity contribution in [3.8, 4) is 0 Å². The molecule has 1 atom stereocenters. The molecule has 0 spiro atoms. The van der Waals surface area contributed by atoms with Crippen molar-refractivity contribution in [2.24, 2.45) is 7.05 Å². The molecule has 0 aliphatic heterocycles. The summed E-state index contributed by atoms with van der Waals surface area (Å²) in [7, 11) is 4.14. The minimum absolute atomic E-state index is 0.576. The van der Waals surface area contributed by atoms with Crippen LogP contribution in [0.25, 0.3) is 0 Å². The summed E-state index contributed by atoms with van der Waals surface area (Å²) in [4.78, 5) is 2.89. The largest absolute Gasteiger partial charge is 0.300 e. The average molecular weight is 353 g/mol. The zero-order valence-electron chi connectivity index (χ0n) is 10.3. The van der Waals surface area contributed by atoms with E-state index in [0.717, 1.165) is 29.7 Å². The molecule has 0 radical (unpaired) electrons. The SMILES string of the molecule is Cc1nn(C)c(CN(C)CCC(C)Br)c1Br. The topological polar surface area (TPSA) is 21.1 Å². The molecule has 0 fully saturated rings. The van der Waals surface area contributed by atoms with E-state index in [2.05, 4.69) is 55.8 Å². The van der Waals surface area contributed by atoms with E-state index in [0.29, 0.717) is 4.83 Å². The van der Waals surface area contributed by atoms with Gasteiger partial charge < -0.3 is 4.90 Å². The van der Waals surface area contributed by atoms with E-state index in [-0.39, 0.29) is 0 Å². The molecular formula is C11H19Br2N3. The minimum atomic E-state index is 0.576. The van der Waals surface area contributed by atoms with Crippen LogP contribution in [0.5, 0.6) is 0 Å². The van der Waals surface area contributed by atoms with Crippen molar-refractivity contribution in [1.82, 2.24) is 14.7 Å². The first kappa shape index (κ1) is 14.2. The lowest BCUT2D eigenvalue weighted by Crippen LogP contribution is -2.22. The molecule has 0 aliphatic rings. The maximum atomic E-state index is 4.39. The normalized spacial score (nSPS) is 13.4. The predicted octanol–water partition coefficient (Wildman–Crippen LogP) is 3.10. The second-order valence-electron chi connectivity index (χ2n) is 4.28. The lowest BCUT2D eigenvalue weighted by Gasteiger charge is -2.17. The maximum absolute atomic E-state index is 4.39. The molecule has 5 heteroatoms. The second-order valence-corrected chi connectivity index (χ2v) is 6.63. The van der Waals surface area contributed by atoms with Crippen LogP contribution in [0.3, 0.4) is 0 Å². The van der Waals surface area contributed by atoms with Gasteiger partial charge in [0.25, 0.3) is 0 Å². The van der Waals surface area contributed by atoms with Crippen LogP contribution in [0.15, 0.2) is 4.47 Å². The Labute approximate surface area is 114 Å². The average Bonchev–Trinajstić information content (AvgIpc) is 2.42. The highest BCUT2D eigenvalue weighted by Gasteiger charge is 2.12. The van der Waals surface area contributed by atoms with Gasteiger partial charge in [-0.15, -0.1) is 0 Å². The molecule has 1 unspecified atom stereocenters. The van der Waals surface area contributed by atoms with Crippen molar-refractivity contribution in [3.05, 3.63) is 15.9 Å². The fraction of sp³-hybridized carbons (Fsp3) is 0.727. The summed E-state index contributed by atoms with van der Waals surface area (Å²) in [5.74, 6) is 0. The van der Waals surface area contributed by atoms with Crippen LogP contribution in [-0.4, -0.2) is 33.1 Å². The van der Waals surface area contributed by atoms with Crippen LogP contribution in [0.4, 0.5) is 0 Å². The Hall–Kier alpha value is 0.130. The highest BCUT2D eigenvalue weighted by Crippen LogP contribution is 2.21. The van der Waals surface area contributed by atoms with Gasteiger partial charge in [0.2, 0.25) is 0 Å². The van der Waals surface area contributed by atoms with Crippen molar-refractivity contribution in [2.75, 3.05) is 13.6 Å².